The molecule has 1 aliphatic carbocycles. The summed E-state index contributed by atoms with van der Waals surface area (Å²) in [5, 5.41) is 9.79. The predicted molar refractivity (Wildman–Crippen MR) is 138 cm³/mol. The summed E-state index contributed by atoms with van der Waals surface area (Å²) in [4.78, 5) is 31.4. The maximum atomic E-state index is 13.5. The third kappa shape index (κ3) is 4.63. The van der Waals surface area contributed by atoms with Crippen LogP contribution in [0, 0.1) is 18.3 Å². The molecule has 0 spiro atoms. The van der Waals surface area contributed by atoms with Crippen LogP contribution >= 0.6 is 24.0 Å². The van der Waals surface area contributed by atoms with Crippen molar-refractivity contribution in [2.45, 2.75) is 84.2 Å². The number of carbonyl (C=O) groups is 1. The van der Waals surface area contributed by atoms with E-state index in [0.717, 1.165) is 69.4 Å². The molecule has 3 heterocycles. The van der Waals surface area contributed by atoms with E-state index in [2.05, 4.69) is 11.0 Å². The second kappa shape index (κ2) is 10.4. The van der Waals surface area contributed by atoms with Gasteiger partial charge >= 0.3 is 0 Å². The summed E-state index contributed by atoms with van der Waals surface area (Å²) in [6.45, 7) is 6.16. The molecule has 2 saturated heterocycles. The molecule has 176 valence electrons. The van der Waals surface area contributed by atoms with Crippen molar-refractivity contribution in [2.24, 2.45) is 0 Å². The highest BCUT2D eigenvalue weighted by Crippen LogP contribution is 2.39. The summed E-state index contributed by atoms with van der Waals surface area (Å²) in [5.41, 5.74) is 1.39. The van der Waals surface area contributed by atoms with Crippen LogP contribution in [0.2, 0.25) is 0 Å². The third-order valence-electron chi connectivity index (χ3n) is 6.99. The highest BCUT2D eigenvalue weighted by molar-refractivity contribution is 8.26. The molecule has 1 aromatic rings. The van der Waals surface area contributed by atoms with Gasteiger partial charge in [0.15, 0.2) is 0 Å². The average Bonchev–Trinajstić information content (AvgIpc) is 3.11. The molecule has 0 bridgehead atoms. The van der Waals surface area contributed by atoms with Crippen molar-refractivity contribution in [1.29, 1.82) is 5.26 Å². The molecule has 1 aromatic heterocycles. The molecule has 33 heavy (non-hydrogen) atoms. The average molecular weight is 485 g/mol. The molecule has 8 heteroatoms. The van der Waals surface area contributed by atoms with Crippen molar-refractivity contribution in [2.75, 3.05) is 18.0 Å². The van der Waals surface area contributed by atoms with Crippen LogP contribution in [0.1, 0.15) is 81.4 Å². The normalized spacial score (nSPS) is 21.2. The lowest BCUT2D eigenvalue weighted by Crippen LogP contribution is -2.39. The van der Waals surface area contributed by atoms with Crippen LogP contribution in [0.4, 0.5) is 5.82 Å². The molecule has 0 radical (unpaired) electrons. The zero-order valence-corrected chi connectivity index (χ0v) is 21.2. The molecule has 0 atom stereocenters. The molecule has 4 rings (SSSR count). The smallest absolute Gasteiger partial charge is 0.270 e. The first kappa shape index (κ1) is 24.0. The van der Waals surface area contributed by atoms with E-state index in [0.29, 0.717) is 21.3 Å². The van der Waals surface area contributed by atoms with E-state index < -0.39 is 0 Å². The van der Waals surface area contributed by atoms with Crippen LogP contribution in [-0.2, 0) is 11.3 Å². The van der Waals surface area contributed by atoms with E-state index in [1.165, 1.54) is 24.6 Å². The Morgan fingerprint density at radius 1 is 1.12 bits per heavy atom. The van der Waals surface area contributed by atoms with Gasteiger partial charge in [0.2, 0.25) is 0 Å². The van der Waals surface area contributed by atoms with Gasteiger partial charge in [-0.25, -0.2) is 0 Å². The van der Waals surface area contributed by atoms with Crippen molar-refractivity contribution >= 4 is 46.1 Å². The Hall–Kier alpha value is -2.11. The van der Waals surface area contributed by atoms with Crippen molar-refractivity contribution in [3.63, 3.8) is 0 Å². The van der Waals surface area contributed by atoms with E-state index in [1.54, 1.807) is 4.57 Å². The first-order chi connectivity index (χ1) is 16.0. The zero-order valence-electron chi connectivity index (χ0n) is 19.6. The highest BCUT2D eigenvalue weighted by Gasteiger charge is 2.38. The Morgan fingerprint density at radius 3 is 2.42 bits per heavy atom. The summed E-state index contributed by atoms with van der Waals surface area (Å²) in [7, 11) is 0. The Balaban J connectivity index is 1.84. The van der Waals surface area contributed by atoms with Gasteiger partial charge in [-0.2, -0.15) is 5.26 Å². The standard InChI is InChI=1S/C25H32N4O2S2/c1-3-12-28-22(27-13-8-5-9-14-27)19(17(2)20(16-26)23(28)30)15-21-24(31)29(25(32)33-21)18-10-6-4-7-11-18/h15,18H,3-14H2,1-2H3/b21-15+. The summed E-state index contributed by atoms with van der Waals surface area (Å²) in [6, 6.07) is 2.31. The number of carbonyl (C=O) groups excluding carboxylic acids is 1. The number of amides is 1. The number of pyridine rings is 1. The minimum atomic E-state index is -0.232. The summed E-state index contributed by atoms with van der Waals surface area (Å²) < 4.78 is 2.38. The van der Waals surface area contributed by atoms with Gasteiger partial charge < -0.3 is 4.90 Å². The van der Waals surface area contributed by atoms with Gasteiger partial charge in [-0.15, -0.1) is 0 Å². The fourth-order valence-corrected chi connectivity index (χ4v) is 6.67. The highest BCUT2D eigenvalue weighted by atomic mass is 32.2. The Morgan fingerprint density at radius 2 is 1.79 bits per heavy atom. The lowest BCUT2D eigenvalue weighted by molar-refractivity contribution is -0.124. The number of piperidine rings is 1. The third-order valence-corrected chi connectivity index (χ3v) is 8.32. The molecule has 0 aromatic carbocycles. The number of nitriles is 1. The van der Waals surface area contributed by atoms with Crippen LogP contribution in [0.15, 0.2) is 9.70 Å². The van der Waals surface area contributed by atoms with Gasteiger partial charge in [0.25, 0.3) is 11.5 Å². The maximum absolute atomic E-state index is 13.5. The number of nitrogens with zero attached hydrogens (tertiary/aromatic N) is 4. The van der Waals surface area contributed by atoms with E-state index in [9.17, 15) is 14.9 Å². The molecule has 3 aliphatic rings. The van der Waals surface area contributed by atoms with Gasteiger partial charge in [0.1, 0.15) is 21.8 Å². The number of rotatable bonds is 5. The second-order valence-electron chi connectivity index (χ2n) is 9.20. The van der Waals surface area contributed by atoms with E-state index in [1.807, 2.05) is 24.8 Å². The Kier molecular flexibility index (Phi) is 7.60. The van der Waals surface area contributed by atoms with Crippen LogP contribution in [-0.4, -0.2) is 38.8 Å². The first-order valence-electron chi connectivity index (χ1n) is 12.2. The van der Waals surface area contributed by atoms with E-state index in [-0.39, 0.29) is 23.1 Å². The maximum Gasteiger partial charge on any atom is 0.270 e. The fourth-order valence-electron chi connectivity index (χ4n) is 5.29. The number of hydrogen-bond acceptors (Lipinski definition) is 6. The lowest BCUT2D eigenvalue weighted by Gasteiger charge is -2.33. The van der Waals surface area contributed by atoms with Crippen molar-refractivity contribution < 1.29 is 4.79 Å². The van der Waals surface area contributed by atoms with Crippen molar-refractivity contribution in [3.8, 4) is 6.07 Å². The quantitative estimate of drug-likeness (QED) is 0.434. The molecule has 1 saturated carbocycles. The first-order valence-corrected chi connectivity index (χ1v) is 13.4. The number of aromatic nitrogens is 1. The minimum Gasteiger partial charge on any atom is -0.357 e. The molecular formula is C25H32N4O2S2. The monoisotopic (exact) mass is 484 g/mol. The lowest BCUT2D eigenvalue weighted by atomic mass is 9.94. The summed E-state index contributed by atoms with van der Waals surface area (Å²) in [5.74, 6) is 0.814. The van der Waals surface area contributed by atoms with Crippen molar-refractivity contribution in [3.05, 3.63) is 31.9 Å². The Bertz CT molecular complexity index is 1070. The molecule has 3 fully saturated rings. The minimum absolute atomic E-state index is 0.0346. The Labute approximate surface area is 205 Å². The number of thiocarbonyl (C=S) groups is 1. The van der Waals surface area contributed by atoms with Crippen molar-refractivity contribution in [1.82, 2.24) is 9.47 Å². The van der Waals surface area contributed by atoms with Crippen LogP contribution in [0.3, 0.4) is 0 Å². The number of hydrogen-bond donors (Lipinski definition) is 0. The SMILES string of the molecule is CCCn1c(N2CCCCC2)c(/C=C2/SC(=S)N(C3CCCCC3)C2=O)c(C)c(C#N)c1=O. The van der Waals surface area contributed by atoms with E-state index in [4.69, 9.17) is 12.2 Å². The molecule has 0 unspecified atom stereocenters. The van der Waals surface area contributed by atoms with Gasteiger partial charge in [-0.3, -0.25) is 19.1 Å². The fraction of sp³-hybridized carbons (Fsp3) is 0.600. The second-order valence-corrected chi connectivity index (χ2v) is 10.9. The summed E-state index contributed by atoms with van der Waals surface area (Å²) >= 11 is 6.98. The van der Waals surface area contributed by atoms with E-state index >= 15 is 0 Å². The summed E-state index contributed by atoms with van der Waals surface area (Å²) in [6.07, 6.45) is 11.5. The molecular weight excluding hydrogens is 452 g/mol. The molecule has 2 aliphatic heterocycles. The number of anilines is 1. The van der Waals surface area contributed by atoms with Gasteiger partial charge in [0, 0.05) is 31.2 Å². The predicted octanol–water partition coefficient (Wildman–Crippen LogP) is 4.96. The van der Waals surface area contributed by atoms with Gasteiger partial charge in [-0.05, 0) is 57.1 Å². The van der Waals surface area contributed by atoms with Gasteiger partial charge in [0.05, 0.1) is 4.91 Å². The van der Waals surface area contributed by atoms with Gasteiger partial charge in [-0.1, -0.05) is 50.2 Å². The van der Waals surface area contributed by atoms with Crippen LogP contribution < -0.4 is 10.5 Å². The number of thioether (sulfide) groups is 1. The van der Waals surface area contributed by atoms with Crippen LogP contribution in [0.5, 0.6) is 0 Å². The molecule has 1 amide bonds. The topological polar surface area (TPSA) is 69.3 Å². The zero-order chi connectivity index (χ0) is 23.5. The molecule has 6 nitrogen and oxygen atoms in total. The van der Waals surface area contributed by atoms with Crippen LogP contribution in [0.25, 0.3) is 6.08 Å². The molecule has 0 N–H and O–H groups in total. The largest absolute Gasteiger partial charge is 0.357 e.